The number of halogens is 2. The lowest BCUT2D eigenvalue weighted by Crippen LogP contribution is -2.10. The van der Waals surface area contributed by atoms with Crippen molar-refractivity contribution in [2.75, 3.05) is 23.7 Å². The largest absolute Gasteiger partial charge is 0.356 e. The number of rotatable bonds is 8. The summed E-state index contributed by atoms with van der Waals surface area (Å²) in [6, 6.07) is 15.3. The van der Waals surface area contributed by atoms with E-state index < -0.39 is 0 Å². The molecule has 2 aromatic heterocycles. The molecule has 148 valence electrons. The van der Waals surface area contributed by atoms with Gasteiger partial charge in [-0.2, -0.15) is 0 Å². The van der Waals surface area contributed by atoms with E-state index in [1.165, 1.54) is 0 Å². The Hall–Kier alpha value is -2.96. The molecule has 0 aliphatic heterocycles. The summed E-state index contributed by atoms with van der Waals surface area (Å²) in [5.41, 5.74) is 4.00. The fourth-order valence-electron chi connectivity index (χ4n) is 2.88. The molecular weight excluding hydrogens is 407 g/mol. The van der Waals surface area contributed by atoms with Gasteiger partial charge in [0.1, 0.15) is 0 Å². The number of hydrogen-bond donors (Lipinski definition) is 4. The lowest BCUT2D eigenvalue weighted by atomic mass is 10.2. The molecule has 2 heterocycles. The second-order valence-corrected chi connectivity index (χ2v) is 7.38. The molecule has 4 N–H and O–H groups in total. The van der Waals surface area contributed by atoms with Crippen molar-refractivity contribution in [2.45, 2.75) is 6.42 Å². The van der Waals surface area contributed by atoms with E-state index in [2.05, 4.69) is 30.6 Å². The van der Waals surface area contributed by atoms with Crippen LogP contribution in [-0.2, 0) is 0 Å². The zero-order valence-electron chi connectivity index (χ0n) is 15.5. The average Bonchev–Trinajstić information content (AvgIpc) is 3.39. The maximum Gasteiger partial charge on any atom is 0.200 e. The predicted molar refractivity (Wildman–Crippen MR) is 120 cm³/mol. The van der Waals surface area contributed by atoms with Crippen LogP contribution in [0.1, 0.15) is 6.42 Å². The van der Waals surface area contributed by atoms with Crippen LogP contribution in [0.3, 0.4) is 0 Å². The summed E-state index contributed by atoms with van der Waals surface area (Å²) in [5.74, 6) is 1.50. The summed E-state index contributed by atoms with van der Waals surface area (Å²) < 4.78 is 0. The highest BCUT2D eigenvalue weighted by atomic mass is 35.5. The third-order valence-corrected chi connectivity index (χ3v) is 4.90. The molecule has 0 unspecified atom stereocenters. The van der Waals surface area contributed by atoms with Gasteiger partial charge < -0.3 is 20.6 Å². The van der Waals surface area contributed by atoms with Gasteiger partial charge in [-0.3, -0.25) is 0 Å². The zero-order chi connectivity index (χ0) is 20.1. The molecule has 2 aromatic carbocycles. The van der Waals surface area contributed by atoms with Crippen LogP contribution >= 0.6 is 23.2 Å². The second kappa shape index (κ2) is 9.03. The van der Waals surface area contributed by atoms with Crippen molar-refractivity contribution < 1.29 is 0 Å². The van der Waals surface area contributed by atoms with E-state index in [1.54, 1.807) is 0 Å². The summed E-state index contributed by atoms with van der Waals surface area (Å²) in [7, 11) is 0. The maximum atomic E-state index is 5.93. The maximum absolute atomic E-state index is 5.93. The summed E-state index contributed by atoms with van der Waals surface area (Å²) in [6.45, 7) is 1.57. The standard InChI is InChI=1S/C21H20Cl2N6/c22-16-6-2-14(3-7-16)18-12-26-20(28-18)24-10-1-11-25-21-27-13-19(29-21)15-4-8-17(23)9-5-15/h2-9,12-13H,1,10-11H2,(H2,24,26,28)(H2,25,27,29). The molecular formula is C21H20Cl2N6. The van der Waals surface area contributed by atoms with Crippen molar-refractivity contribution >= 4 is 35.1 Å². The first kappa shape index (κ1) is 19.4. The molecule has 0 radical (unpaired) electrons. The molecule has 4 aromatic rings. The van der Waals surface area contributed by atoms with Gasteiger partial charge >= 0.3 is 0 Å². The molecule has 0 amide bonds. The minimum Gasteiger partial charge on any atom is -0.356 e. The molecule has 8 heteroatoms. The Morgan fingerprint density at radius 2 is 1.07 bits per heavy atom. The van der Waals surface area contributed by atoms with Gasteiger partial charge in [-0.25, -0.2) is 9.97 Å². The number of nitrogens with one attached hydrogen (secondary N) is 4. The topological polar surface area (TPSA) is 81.4 Å². The number of benzene rings is 2. The number of anilines is 2. The van der Waals surface area contributed by atoms with Gasteiger partial charge in [-0.15, -0.1) is 0 Å². The molecule has 0 fully saturated rings. The van der Waals surface area contributed by atoms with Crippen molar-refractivity contribution in [2.24, 2.45) is 0 Å². The summed E-state index contributed by atoms with van der Waals surface area (Å²) in [6.07, 6.45) is 4.53. The normalized spacial score (nSPS) is 10.8. The Kier molecular flexibility index (Phi) is 6.03. The Morgan fingerprint density at radius 3 is 1.48 bits per heavy atom. The fraction of sp³-hybridized carbons (Fsp3) is 0.143. The average molecular weight is 427 g/mol. The van der Waals surface area contributed by atoms with Crippen LogP contribution in [0.15, 0.2) is 60.9 Å². The van der Waals surface area contributed by atoms with Gasteiger partial charge in [-0.1, -0.05) is 47.5 Å². The van der Waals surface area contributed by atoms with Crippen molar-refractivity contribution in [3.63, 3.8) is 0 Å². The number of aromatic amines is 2. The third-order valence-electron chi connectivity index (χ3n) is 4.40. The van der Waals surface area contributed by atoms with E-state index in [9.17, 15) is 0 Å². The van der Waals surface area contributed by atoms with Crippen molar-refractivity contribution in [1.82, 2.24) is 19.9 Å². The molecule has 0 bridgehead atoms. The lowest BCUT2D eigenvalue weighted by molar-refractivity contribution is 0.891. The van der Waals surface area contributed by atoms with Crippen LogP contribution in [0, 0.1) is 0 Å². The van der Waals surface area contributed by atoms with Crippen LogP contribution in [0.2, 0.25) is 10.0 Å². The first-order chi connectivity index (χ1) is 14.2. The first-order valence-corrected chi connectivity index (χ1v) is 10.0. The molecule has 0 spiro atoms. The van der Waals surface area contributed by atoms with Crippen LogP contribution in [-0.4, -0.2) is 33.0 Å². The SMILES string of the molecule is Clc1ccc(-c2cnc(NCCCNc3ncc(-c4ccc(Cl)cc4)[nH]3)[nH]2)cc1. The van der Waals surface area contributed by atoms with E-state index in [0.29, 0.717) is 0 Å². The van der Waals surface area contributed by atoms with Gasteiger partial charge in [0.05, 0.1) is 23.8 Å². The minimum atomic E-state index is 0.718. The van der Waals surface area contributed by atoms with Crippen LogP contribution in [0.4, 0.5) is 11.9 Å². The van der Waals surface area contributed by atoms with Gasteiger partial charge in [0.2, 0.25) is 11.9 Å². The quantitative estimate of drug-likeness (QED) is 0.273. The number of nitrogens with zero attached hydrogens (tertiary/aromatic N) is 2. The van der Waals surface area contributed by atoms with E-state index in [-0.39, 0.29) is 0 Å². The predicted octanol–water partition coefficient (Wildman–Crippen LogP) is 5.69. The van der Waals surface area contributed by atoms with Gasteiger partial charge in [0, 0.05) is 23.1 Å². The van der Waals surface area contributed by atoms with Crippen molar-refractivity contribution in [3.8, 4) is 22.5 Å². The molecule has 0 saturated heterocycles. The molecule has 29 heavy (non-hydrogen) atoms. The highest BCUT2D eigenvalue weighted by molar-refractivity contribution is 6.30. The smallest absolute Gasteiger partial charge is 0.200 e. The molecule has 0 aliphatic rings. The van der Waals surface area contributed by atoms with Crippen molar-refractivity contribution in [1.29, 1.82) is 0 Å². The Labute approximate surface area is 178 Å². The highest BCUT2D eigenvalue weighted by Crippen LogP contribution is 2.22. The van der Waals surface area contributed by atoms with Crippen molar-refractivity contribution in [3.05, 3.63) is 71.0 Å². The van der Waals surface area contributed by atoms with E-state index in [0.717, 1.165) is 64.0 Å². The lowest BCUT2D eigenvalue weighted by Gasteiger charge is -2.04. The number of hydrogen-bond acceptors (Lipinski definition) is 4. The van der Waals surface area contributed by atoms with Gasteiger partial charge in [0.25, 0.3) is 0 Å². The first-order valence-electron chi connectivity index (χ1n) is 9.27. The zero-order valence-corrected chi connectivity index (χ0v) is 17.1. The summed E-state index contributed by atoms with van der Waals surface area (Å²) >= 11 is 11.9. The van der Waals surface area contributed by atoms with E-state index >= 15 is 0 Å². The minimum absolute atomic E-state index is 0.718. The molecule has 0 atom stereocenters. The number of imidazole rings is 2. The Morgan fingerprint density at radius 1 is 0.655 bits per heavy atom. The molecule has 0 saturated carbocycles. The molecule has 0 aliphatic carbocycles. The number of H-pyrrole nitrogens is 2. The van der Waals surface area contributed by atoms with Gasteiger partial charge in [-0.05, 0) is 41.8 Å². The number of aromatic nitrogens is 4. The summed E-state index contributed by atoms with van der Waals surface area (Å²) in [4.78, 5) is 15.3. The summed E-state index contributed by atoms with van der Waals surface area (Å²) in [5, 5.41) is 8.02. The monoisotopic (exact) mass is 426 g/mol. The molecule has 4 rings (SSSR count). The van der Waals surface area contributed by atoms with Crippen LogP contribution < -0.4 is 10.6 Å². The highest BCUT2D eigenvalue weighted by Gasteiger charge is 2.04. The Balaban J connectivity index is 1.22. The van der Waals surface area contributed by atoms with E-state index in [1.807, 2.05) is 60.9 Å². The van der Waals surface area contributed by atoms with E-state index in [4.69, 9.17) is 23.2 Å². The third kappa shape index (κ3) is 5.10. The van der Waals surface area contributed by atoms with Crippen LogP contribution in [0.5, 0.6) is 0 Å². The second-order valence-electron chi connectivity index (χ2n) is 6.51. The van der Waals surface area contributed by atoms with Gasteiger partial charge in [0.15, 0.2) is 0 Å². The van der Waals surface area contributed by atoms with Crippen LogP contribution in [0.25, 0.3) is 22.5 Å². The molecule has 6 nitrogen and oxygen atoms in total. The fourth-order valence-corrected chi connectivity index (χ4v) is 3.13. The Bertz CT molecular complexity index is 968.